The fourth-order valence-electron chi connectivity index (χ4n) is 8.02. The van der Waals surface area contributed by atoms with Crippen molar-refractivity contribution >= 4 is 65.5 Å². The summed E-state index contributed by atoms with van der Waals surface area (Å²) in [7, 11) is 0. The molecule has 51 heavy (non-hydrogen) atoms. The number of benzene rings is 7. The molecule has 0 bridgehead atoms. The van der Waals surface area contributed by atoms with Gasteiger partial charge in [-0.05, 0) is 83.9 Å². The third-order valence-electron chi connectivity index (χ3n) is 10.3. The van der Waals surface area contributed by atoms with Crippen molar-refractivity contribution < 1.29 is 0 Å². The molecule has 0 aliphatic heterocycles. The lowest BCUT2D eigenvalue weighted by Crippen LogP contribution is -2.05. The van der Waals surface area contributed by atoms with Crippen LogP contribution in [0.3, 0.4) is 0 Å². The lowest BCUT2D eigenvalue weighted by molar-refractivity contribution is 0.956. The molecule has 0 aliphatic carbocycles. The zero-order chi connectivity index (χ0) is 33.5. The van der Waals surface area contributed by atoms with Gasteiger partial charge in [-0.15, -0.1) is 0 Å². The van der Waals surface area contributed by atoms with Gasteiger partial charge in [-0.3, -0.25) is 14.1 Å². The normalized spacial score (nSPS) is 11.9. The molecule has 5 heteroatoms. The maximum absolute atomic E-state index is 5.24. The van der Waals surface area contributed by atoms with Gasteiger partial charge in [-0.2, -0.15) is 0 Å². The second-order valence-electron chi connectivity index (χ2n) is 13.1. The molecular formula is C46H29N5. The van der Waals surface area contributed by atoms with Gasteiger partial charge in [-0.25, -0.2) is 4.98 Å². The van der Waals surface area contributed by atoms with Crippen molar-refractivity contribution in [3.8, 4) is 28.5 Å². The van der Waals surface area contributed by atoms with Crippen molar-refractivity contribution in [2.45, 2.75) is 0 Å². The van der Waals surface area contributed by atoms with Crippen molar-refractivity contribution in [2.24, 2.45) is 0 Å². The Balaban J connectivity index is 1.15. The van der Waals surface area contributed by atoms with Crippen LogP contribution >= 0.6 is 0 Å². The fourth-order valence-corrected chi connectivity index (χ4v) is 8.02. The Morgan fingerprint density at radius 3 is 1.61 bits per heavy atom. The first kappa shape index (κ1) is 27.9. The molecule has 4 aromatic heterocycles. The van der Waals surface area contributed by atoms with E-state index in [1.165, 1.54) is 27.2 Å². The highest BCUT2D eigenvalue weighted by Gasteiger charge is 2.21. The molecule has 4 heterocycles. The molecule has 0 unspecified atom stereocenters. The monoisotopic (exact) mass is 651 g/mol. The Kier molecular flexibility index (Phi) is 5.89. The molecule has 238 valence electrons. The van der Waals surface area contributed by atoms with E-state index in [-0.39, 0.29) is 0 Å². The molecule has 0 saturated heterocycles. The first-order valence-corrected chi connectivity index (χ1v) is 17.3. The first-order chi connectivity index (χ1) is 25.3. The van der Waals surface area contributed by atoms with Gasteiger partial charge in [0.2, 0.25) is 5.95 Å². The third-order valence-corrected chi connectivity index (χ3v) is 10.3. The highest BCUT2D eigenvalue weighted by Crippen LogP contribution is 2.40. The minimum absolute atomic E-state index is 0.871. The minimum Gasteiger partial charge on any atom is -0.309 e. The van der Waals surface area contributed by atoms with E-state index in [9.17, 15) is 0 Å². The quantitative estimate of drug-likeness (QED) is 0.190. The predicted molar refractivity (Wildman–Crippen MR) is 210 cm³/mol. The number of aromatic nitrogens is 5. The molecule has 0 fully saturated rings. The Bertz CT molecular complexity index is 3130. The van der Waals surface area contributed by atoms with Crippen LogP contribution in [0.4, 0.5) is 0 Å². The lowest BCUT2D eigenvalue weighted by atomic mass is 10.0. The van der Waals surface area contributed by atoms with E-state index in [0.717, 1.165) is 66.8 Å². The molecule has 11 rings (SSSR count). The van der Waals surface area contributed by atoms with Crippen molar-refractivity contribution in [1.29, 1.82) is 0 Å². The summed E-state index contributed by atoms with van der Waals surface area (Å²) in [5.74, 6) is 0.871. The molecule has 7 aromatic carbocycles. The summed E-state index contributed by atoms with van der Waals surface area (Å²) in [6.07, 6.45) is 2.04. The number of fused-ring (bicyclic) bond motifs is 9. The average molecular weight is 652 g/mol. The van der Waals surface area contributed by atoms with Gasteiger partial charge >= 0.3 is 0 Å². The zero-order valence-corrected chi connectivity index (χ0v) is 27.5. The summed E-state index contributed by atoms with van der Waals surface area (Å²) in [6.45, 7) is 0. The molecule has 0 radical (unpaired) electrons. The Morgan fingerprint density at radius 1 is 0.353 bits per heavy atom. The van der Waals surface area contributed by atoms with E-state index in [1.807, 2.05) is 6.20 Å². The van der Waals surface area contributed by atoms with Gasteiger partial charge in [0.25, 0.3) is 0 Å². The molecule has 0 atom stereocenters. The van der Waals surface area contributed by atoms with Gasteiger partial charge in [0.15, 0.2) is 0 Å². The van der Waals surface area contributed by atoms with Crippen LogP contribution in [0, 0.1) is 0 Å². The molecule has 0 aliphatic rings. The highest BCUT2D eigenvalue weighted by molar-refractivity contribution is 6.18. The third kappa shape index (κ3) is 4.09. The summed E-state index contributed by atoms with van der Waals surface area (Å²) in [6, 6.07) is 60.3. The van der Waals surface area contributed by atoms with E-state index in [0.29, 0.717) is 0 Å². The molecular weight excluding hydrogens is 623 g/mol. The maximum atomic E-state index is 5.24. The molecule has 5 nitrogen and oxygen atoms in total. The summed E-state index contributed by atoms with van der Waals surface area (Å²) in [5, 5.41) is 5.86. The van der Waals surface area contributed by atoms with E-state index in [4.69, 9.17) is 9.97 Å². The van der Waals surface area contributed by atoms with Crippen LogP contribution in [0.2, 0.25) is 0 Å². The number of para-hydroxylation sites is 6. The largest absolute Gasteiger partial charge is 0.309 e. The van der Waals surface area contributed by atoms with E-state index >= 15 is 0 Å². The Morgan fingerprint density at radius 2 is 0.882 bits per heavy atom. The van der Waals surface area contributed by atoms with Gasteiger partial charge < -0.3 is 4.57 Å². The standard InChI is InChI=1S/C46H29N5/c1-3-13-32(14-4-1)49-42-25-23-31(28-37(42)38-29-47-39-19-9-7-18-35(39)45(38)49)30-24-26-43-36(27-30)34-17-8-11-21-41(34)51(43)46-48-40-20-10-12-22-44(40)50(46)33-15-5-2-6-16-33/h1-29H. The number of imidazole rings is 1. The second-order valence-corrected chi connectivity index (χ2v) is 13.1. The fraction of sp³-hybridized carbons (Fsp3) is 0. The van der Waals surface area contributed by atoms with Crippen LogP contribution in [0.5, 0.6) is 0 Å². The van der Waals surface area contributed by atoms with Crippen molar-refractivity contribution in [1.82, 2.24) is 23.7 Å². The molecule has 0 spiro atoms. The Hall–Kier alpha value is -6.98. The maximum Gasteiger partial charge on any atom is 0.220 e. The SMILES string of the molecule is c1ccc(-n2c(-n3c4ccccc4c4cc(-c5ccc6c(c5)c5cnc7ccccc7c5n6-c5ccccc5)ccc43)nc3ccccc32)cc1. The lowest BCUT2D eigenvalue weighted by Gasteiger charge is -2.12. The summed E-state index contributed by atoms with van der Waals surface area (Å²) < 4.78 is 6.96. The highest BCUT2D eigenvalue weighted by atomic mass is 15.2. The summed E-state index contributed by atoms with van der Waals surface area (Å²) >= 11 is 0. The smallest absolute Gasteiger partial charge is 0.220 e. The molecule has 0 N–H and O–H groups in total. The summed E-state index contributed by atoms with van der Waals surface area (Å²) in [4.78, 5) is 10.1. The van der Waals surface area contributed by atoms with E-state index in [2.05, 4.69) is 184 Å². The number of rotatable bonds is 4. The predicted octanol–water partition coefficient (Wildman–Crippen LogP) is 11.4. The first-order valence-electron chi connectivity index (χ1n) is 17.3. The number of hydrogen-bond donors (Lipinski definition) is 0. The number of hydrogen-bond acceptors (Lipinski definition) is 2. The van der Waals surface area contributed by atoms with Crippen molar-refractivity contribution in [3.63, 3.8) is 0 Å². The zero-order valence-electron chi connectivity index (χ0n) is 27.5. The Labute approximate surface area is 292 Å². The van der Waals surface area contributed by atoms with Crippen molar-refractivity contribution in [2.75, 3.05) is 0 Å². The van der Waals surface area contributed by atoms with Crippen LogP contribution in [-0.2, 0) is 0 Å². The van der Waals surface area contributed by atoms with Gasteiger partial charge in [0.05, 0.1) is 38.6 Å². The molecule has 11 aromatic rings. The molecule has 0 amide bonds. The van der Waals surface area contributed by atoms with Crippen molar-refractivity contribution in [3.05, 3.63) is 176 Å². The second kappa shape index (κ2) is 10.8. The number of nitrogens with zero attached hydrogens (tertiary/aromatic N) is 5. The van der Waals surface area contributed by atoms with Gasteiger partial charge in [0, 0.05) is 44.5 Å². The van der Waals surface area contributed by atoms with Crippen LogP contribution in [-0.4, -0.2) is 23.7 Å². The van der Waals surface area contributed by atoms with Crippen LogP contribution in [0.25, 0.3) is 94.0 Å². The van der Waals surface area contributed by atoms with Crippen LogP contribution < -0.4 is 0 Å². The average Bonchev–Trinajstić information content (AvgIpc) is 3.86. The van der Waals surface area contributed by atoms with E-state index < -0.39 is 0 Å². The molecule has 0 saturated carbocycles. The number of pyridine rings is 1. The van der Waals surface area contributed by atoms with Gasteiger partial charge in [-0.1, -0.05) is 97.1 Å². The topological polar surface area (TPSA) is 40.6 Å². The van der Waals surface area contributed by atoms with E-state index in [1.54, 1.807) is 0 Å². The van der Waals surface area contributed by atoms with Crippen LogP contribution in [0.1, 0.15) is 0 Å². The van der Waals surface area contributed by atoms with Crippen LogP contribution in [0.15, 0.2) is 176 Å². The van der Waals surface area contributed by atoms with Gasteiger partial charge in [0.1, 0.15) is 0 Å². The minimum atomic E-state index is 0.871. The summed E-state index contributed by atoms with van der Waals surface area (Å²) in [5.41, 5.74) is 12.2.